The van der Waals surface area contributed by atoms with E-state index in [1.807, 2.05) is 11.6 Å². The van der Waals surface area contributed by atoms with Gasteiger partial charge in [0.2, 0.25) is 5.95 Å². The Hall–Kier alpha value is -0.890. The van der Waals surface area contributed by atoms with E-state index in [1.54, 1.807) is 4.90 Å². The number of sulfone groups is 1. The summed E-state index contributed by atoms with van der Waals surface area (Å²) >= 11 is 5.12. The van der Waals surface area contributed by atoms with Gasteiger partial charge < -0.3 is 4.90 Å². The Morgan fingerprint density at radius 2 is 2.18 bits per heavy atom. The molecule has 1 heterocycles. The second-order valence-corrected chi connectivity index (χ2v) is 6.68. The van der Waals surface area contributed by atoms with Gasteiger partial charge in [-0.3, -0.25) is 4.57 Å². The summed E-state index contributed by atoms with van der Waals surface area (Å²) in [4.78, 5) is 1.79. The number of H-pyrrole nitrogens is 1. The van der Waals surface area contributed by atoms with Crippen LogP contribution in [0.5, 0.6) is 0 Å². The number of hydrogen-bond acceptors (Lipinski definition) is 5. The van der Waals surface area contributed by atoms with Gasteiger partial charge in [-0.15, -0.1) is 5.10 Å². The summed E-state index contributed by atoms with van der Waals surface area (Å²) in [6.07, 6.45) is 2.17. The molecule has 1 aromatic heterocycles. The fourth-order valence-corrected chi connectivity index (χ4v) is 2.25. The highest BCUT2D eigenvalue weighted by Crippen LogP contribution is 2.10. The maximum Gasteiger partial charge on any atom is 0.225 e. The van der Waals surface area contributed by atoms with Crippen LogP contribution in [0.4, 0.5) is 5.95 Å². The Bertz CT molecular complexity index is 517. The summed E-state index contributed by atoms with van der Waals surface area (Å²) in [5.74, 6) is 0.787. The smallest absolute Gasteiger partial charge is 0.225 e. The highest BCUT2D eigenvalue weighted by atomic mass is 32.2. The van der Waals surface area contributed by atoms with E-state index in [-0.39, 0.29) is 5.75 Å². The molecule has 0 bridgehead atoms. The van der Waals surface area contributed by atoms with Gasteiger partial charge in [-0.1, -0.05) is 6.92 Å². The number of aromatic amines is 1. The van der Waals surface area contributed by atoms with Gasteiger partial charge in [0.15, 0.2) is 4.77 Å². The molecule has 0 radical (unpaired) electrons. The normalized spacial score (nSPS) is 11.7. The van der Waals surface area contributed by atoms with E-state index in [0.717, 1.165) is 13.0 Å². The highest BCUT2D eigenvalue weighted by Gasteiger charge is 2.12. The van der Waals surface area contributed by atoms with E-state index >= 15 is 0 Å². The summed E-state index contributed by atoms with van der Waals surface area (Å²) in [6.45, 7) is 3.23. The van der Waals surface area contributed by atoms with Crippen LogP contribution in [-0.4, -0.2) is 48.8 Å². The molecule has 0 spiro atoms. The molecule has 0 atom stereocenters. The molecule has 0 aliphatic rings. The van der Waals surface area contributed by atoms with E-state index in [1.165, 1.54) is 6.26 Å². The van der Waals surface area contributed by atoms with Crippen LogP contribution in [0.1, 0.15) is 13.3 Å². The van der Waals surface area contributed by atoms with Crippen LogP contribution in [0.2, 0.25) is 0 Å². The summed E-state index contributed by atoms with van der Waals surface area (Å²) in [6, 6.07) is 0. The highest BCUT2D eigenvalue weighted by molar-refractivity contribution is 7.90. The van der Waals surface area contributed by atoms with Crippen molar-refractivity contribution in [3.8, 4) is 0 Å². The van der Waals surface area contributed by atoms with Gasteiger partial charge in [0.1, 0.15) is 9.84 Å². The van der Waals surface area contributed by atoms with Gasteiger partial charge in [-0.05, 0) is 18.6 Å². The van der Waals surface area contributed by atoms with Crippen molar-refractivity contribution >= 4 is 28.0 Å². The van der Waals surface area contributed by atoms with Crippen molar-refractivity contribution in [1.82, 2.24) is 14.8 Å². The van der Waals surface area contributed by atoms with Crippen molar-refractivity contribution in [1.29, 1.82) is 0 Å². The van der Waals surface area contributed by atoms with E-state index in [2.05, 4.69) is 17.1 Å². The lowest BCUT2D eigenvalue weighted by Gasteiger charge is -2.17. The number of anilines is 1. The molecule has 0 aliphatic heterocycles. The molecule has 1 aromatic rings. The van der Waals surface area contributed by atoms with Crippen LogP contribution in [0.3, 0.4) is 0 Å². The topological polar surface area (TPSA) is 71.0 Å². The predicted molar refractivity (Wildman–Crippen MR) is 70.7 cm³/mol. The molecule has 0 aromatic carbocycles. The molecular formula is C9H18N4O2S2. The SMILES string of the molecule is CCCn1c(N(C)CCS(C)(=O)=O)n[nH]c1=S. The zero-order valence-electron chi connectivity index (χ0n) is 10.3. The Kier molecular flexibility index (Phi) is 4.70. The number of rotatable bonds is 6. The van der Waals surface area contributed by atoms with Gasteiger partial charge in [-0.25, -0.2) is 13.5 Å². The second kappa shape index (κ2) is 5.63. The Labute approximate surface area is 107 Å². The molecular weight excluding hydrogens is 260 g/mol. The third kappa shape index (κ3) is 4.12. The zero-order chi connectivity index (χ0) is 13.1. The summed E-state index contributed by atoms with van der Waals surface area (Å²) in [5, 5.41) is 6.84. The Morgan fingerprint density at radius 1 is 1.53 bits per heavy atom. The molecule has 0 aliphatic carbocycles. The maximum atomic E-state index is 11.1. The molecule has 0 saturated carbocycles. The summed E-state index contributed by atoms with van der Waals surface area (Å²) in [7, 11) is -1.15. The monoisotopic (exact) mass is 278 g/mol. The minimum Gasteiger partial charge on any atom is -0.343 e. The Balaban J connectivity index is 2.82. The quantitative estimate of drug-likeness (QED) is 0.781. The van der Waals surface area contributed by atoms with E-state index in [9.17, 15) is 8.42 Å². The summed E-state index contributed by atoms with van der Waals surface area (Å²) < 4.78 is 24.6. The molecule has 8 heteroatoms. The molecule has 1 rings (SSSR count). The van der Waals surface area contributed by atoms with Gasteiger partial charge >= 0.3 is 0 Å². The first-order valence-corrected chi connectivity index (χ1v) is 7.86. The lowest BCUT2D eigenvalue weighted by Crippen LogP contribution is -2.27. The molecule has 0 fully saturated rings. The van der Waals surface area contributed by atoms with Crippen molar-refractivity contribution in [3.05, 3.63) is 4.77 Å². The minimum atomic E-state index is -2.96. The maximum absolute atomic E-state index is 11.1. The molecule has 17 heavy (non-hydrogen) atoms. The first-order chi connectivity index (χ1) is 7.85. The molecule has 0 amide bonds. The van der Waals surface area contributed by atoms with Crippen molar-refractivity contribution in [3.63, 3.8) is 0 Å². The molecule has 1 N–H and O–H groups in total. The second-order valence-electron chi connectivity index (χ2n) is 4.03. The summed E-state index contributed by atoms with van der Waals surface area (Å²) in [5.41, 5.74) is 0. The average molecular weight is 278 g/mol. The molecule has 0 unspecified atom stereocenters. The largest absolute Gasteiger partial charge is 0.343 e. The lowest BCUT2D eigenvalue weighted by atomic mass is 10.5. The molecule has 0 saturated heterocycles. The van der Waals surface area contributed by atoms with Crippen LogP contribution < -0.4 is 4.90 Å². The third-order valence-electron chi connectivity index (χ3n) is 2.32. The minimum absolute atomic E-state index is 0.106. The first kappa shape index (κ1) is 14.2. The predicted octanol–water partition coefficient (Wildman–Crippen LogP) is 0.831. The molecule has 6 nitrogen and oxygen atoms in total. The fourth-order valence-electron chi connectivity index (χ4n) is 1.43. The fraction of sp³-hybridized carbons (Fsp3) is 0.778. The van der Waals surface area contributed by atoms with Crippen LogP contribution in [-0.2, 0) is 16.4 Å². The average Bonchev–Trinajstić information content (AvgIpc) is 2.57. The van der Waals surface area contributed by atoms with Gasteiger partial charge in [0.25, 0.3) is 0 Å². The van der Waals surface area contributed by atoms with Crippen LogP contribution >= 0.6 is 12.2 Å². The van der Waals surface area contributed by atoms with Gasteiger partial charge in [0.05, 0.1) is 5.75 Å². The number of nitrogens with zero attached hydrogens (tertiary/aromatic N) is 3. The van der Waals surface area contributed by atoms with Crippen molar-refractivity contribution in [2.24, 2.45) is 0 Å². The standard InChI is InChI=1S/C9H18N4O2S2/c1-4-5-13-8(10-11-9(13)16)12(2)6-7-17(3,14)15/h4-7H2,1-3H3,(H,11,16). The van der Waals surface area contributed by atoms with Crippen LogP contribution in [0.25, 0.3) is 0 Å². The van der Waals surface area contributed by atoms with Crippen LogP contribution in [0, 0.1) is 4.77 Å². The van der Waals surface area contributed by atoms with Crippen LogP contribution in [0.15, 0.2) is 0 Å². The molecule has 98 valence electrons. The third-order valence-corrected chi connectivity index (χ3v) is 3.56. The number of aromatic nitrogens is 3. The number of nitrogens with one attached hydrogen (secondary N) is 1. The van der Waals surface area contributed by atoms with E-state index < -0.39 is 9.84 Å². The first-order valence-electron chi connectivity index (χ1n) is 5.39. The number of hydrogen-bond donors (Lipinski definition) is 1. The van der Waals surface area contributed by atoms with Gasteiger partial charge in [0, 0.05) is 26.4 Å². The zero-order valence-corrected chi connectivity index (χ0v) is 11.9. The van der Waals surface area contributed by atoms with Gasteiger partial charge in [-0.2, -0.15) is 0 Å². The van der Waals surface area contributed by atoms with E-state index in [4.69, 9.17) is 12.2 Å². The van der Waals surface area contributed by atoms with Crippen molar-refractivity contribution in [2.45, 2.75) is 19.9 Å². The van der Waals surface area contributed by atoms with E-state index in [0.29, 0.717) is 17.3 Å². The lowest BCUT2D eigenvalue weighted by molar-refractivity contribution is 0.600. The Morgan fingerprint density at radius 3 is 2.71 bits per heavy atom. The van der Waals surface area contributed by atoms with Crippen molar-refractivity contribution < 1.29 is 8.42 Å². The van der Waals surface area contributed by atoms with Crippen molar-refractivity contribution in [2.75, 3.05) is 30.5 Å².